The maximum absolute atomic E-state index is 12.1. The second kappa shape index (κ2) is 8.54. The Morgan fingerprint density at radius 3 is 2.64 bits per heavy atom. The van der Waals surface area contributed by atoms with E-state index >= 15 is 0 Å². The Hall–Kier alpha value is -1.06. The Balaban J connectivity index is 0.00000242. The zero-order valence-corrected chi connectivity index (χ0v) is 14.5. The molecule has 1 aromatic carbocycles. The van der Waals surface area contributed by atoms with E-state index in [-0.39, 0.29) is 29.8 Å². The van der Waals surface area contributed by atoms with Crippen LogP contribution in [0.4, 0.5) is 0 Å². The van der Waals surface area contributed by atoms with Gasteiger partial charge in [-0.15, -0.1) is 12.4 Å². The van der Waals surface area contributed by atoms with Crippen LogP contribution < -0.4 is 11.1 Å². The molecule has 3 N–H and O–H groups in total. The summed E-state index contributed by atoms with van der Waals surface area (Å²) in [4.78, 5) is 12.1. The lowest BCUT2D eigenvalue weighted by molar-refractivity contribution is -0.122. The Labute approximate surface area is 140 Å². The van der Waals surface area contributed by atoms with E-state index in [0.29, 0.717) is 6.54 Å². The highest BCUT2D eigenvalue weighted by atomic mass is 35.5. The van der Waals surface area contributed by atoms with Crippen molar-refractivity contribution in [2.45, 2.75) is 63.8 Å². The quantitative estimate of drug-likeness (QED) is 0.841. The van der Waals surface area contributed by atoms with Crippen molar-refractivity contribution in [3.8, 4) is 0 Å². The molecule has 1 unspecified atom stereocenters. The molecule has 0 saturated heterocycles. The van der Waals surface area contributed by atoms with Crippen molar-refractivity contribution in [2.24, 2.45) is 5.73 Å². The fraction of sp³-hybridized carbons (Fsp3) is 0.611. The van der Waals surface area contributed by atoms with E-state index < -0.39 is 0 Å². The van der Waals surface area contributed by atoms with Gasteiger partial charge in [-0.1, -0.05) is 56.0 Å². The van der Waals surface area contributed by atoms with Gasteiger partial charge in [0.2, 0.25) is 5.91 Å². The number of hydrogen-bond donors (Lipinski definition) is 2. The van der Waals surface area contributed by atoms with Crippen molar-refractivity contribution in [1.29, 1.82) is 0 Å². The normalized spacial score (nSPS) is 17.6. The lowest BCUT2D eigenvalue weighted by Gasteiger charge is -2.31. The van der Waals surface area contributed by atoms with Gasteiger partial charge in [0.15, 0.2) is 0 Å². The summed E-state index contributed by atoms with van der Waals surface area (Å²) in [6.45, 7) is 4.90. The number of benzene rings is 1. The predicted octanol–water partition coefficient (Wildman–Crippen LogP) is 3.47. The molecule has 1 atom stereocenters. The number of halogens is 1. The van der Waals surface area contributed by atoms with Crippen LogP contribution in [-0.4, -0.2) is 18.5 Å². The van der Waals surface area contributed by atoms with Crippen LogP contribution in [-0.2, 0) is 10.2 Å². The molecule has 0 bridgehead atoms. The van der Waals surface area contributed by atoms with Crippen molar-refractivity contribution < 1.29 is 4.79 Å². The van der Waals surface area contributed by atoms with E-state index in [4.69, 9.17) is 5.73 Å². The summed E-state index contributed by atoms with van der Waals surface area (Å²) in [6, 6.07) is 8.35. The van der Waals surface area contributed by atoms with Gasteiger partial charge in [-0.2, -0.15) is 0 Å². The molecule has 0 radical (unpaired) electrons. The van der Waals surface area contributed by atoms with E-state index in [1.54, 1.807) is 0 Å². The Morgan fingerprint density at radius 2 is 2.05 bits per heavy atom. The van der Waals surface area contributed by atoms with Gasteiger partial charge in [-0.3, -0.25) is 4.79 Å². The molecule has 1 amide bonds. The molecular formula is C18H29ClN2O. The summed E-state index contributed by atoms with van der Waals surface area (Å²) in [6.07, 6.45) is 6.48. The molecule has 0 spiro atoms. The number of hydrogen-bond acceptors (Lipinski definition) is 2. The van der Waals surface area contributed by atoms with E-state index in [0.717, 1.165) is 25.7 Å². The van der Waals surface area contributed by atoms with Crippen LogP contribution in [0.1, 0.15) is 56.6 Å². The molecule has 0 aliphatic heterocycles. The maximum atomic E-state index is 12.1. The third kappa shape index (κ3) is 4.47. The van der Waals surface area contributed by atoms with Crippen molar-refractivity contribution >= 4 is 18.3 Å². The van der Waals surface area contributed by atoms with E-state index in [1.807, 2.05) is 0 Å². The molecule has 1 saturated carbocycles. The topological polar surface area (TPSA) is 55.1 Å². The molecule has 1 fully saturated rings. The molecule has 2 rings (SSSR count). The molecule has 4 heteroatoms. The van der Waals surface area contributed by atoms with Gasteiger partial charge < -0.3 is 11.1 Å². The molecular weight excluding hydrogens is 296 g/mol. The summed E-state index contributed by atoms with van der Waals surface area (Å²) < 4.78 is 0. The average Bonchev–Trinajstić information content (AvgIpc) is 2.95. The minimum atomic E-state index is -0.369. The largest absolute Gasteiger partial charge is 0.354 e. The Bertz CT molecular complexity index is 484. The molecule has 0 aromatic heterocycles. The predicted molar refractivity (Wildman–Crippen MR) is 94.5 cm³/mol. The number of nitrogens with one attached hydrogen (secondary N) is 1. The van der Waals surface area contributed by atoms with Crippen LogP contribution in [0.5, 0.6) is 0 Å². The summed E-state index contributed by atoms with van der Waals surface area (Å²) in [5, 5.41) is 3.10. The monoisotopic (exact) mass is 324 g/mol. The van der Waals surface area contributed by atoms with E-state index in [2.05, 4.69) is 43.4 Å². The zero-order chi connectivity index (χ0) is 15.3. The van der Waals surface area contributed by atoms with Gasteiger partial charge in [-0.25, -0.2) is 0 Å². The van der Waals surface area contributed by atoms with Crippen LogP contribution in [0, 0.1) is 6.92 Å². The minimum absolute atomic E-state index is 0. The lowest BCUT2D eigenvalue weighted by atomic mass is 9.78. The van der Waals surface area contributed by atoms with Gasteiger partial charge in [0.05, 0.1) is 6.04 Å². The van der Waals surface area contributed by atoms with E-state index in [9.17, 15) is 4.79 Å². The number of aryl methyl sites for hydroxylation is 1. The highest BCUT2D eigenvalue weighted by molar-refractivity contribution is 5.85. The second-order valence-electron chi connectivity index (χ2n) is 6.47. The smallest absolute Gasteiger partial charge is 0.236 e. The van der Waals surface area contributed by atoms with Crippen LogP contribution >= 0.6 is 12.4 Å². The van der Waals surface area contributed by atoms with Crippen molar-refractivity contribution in [3.63, 3.8) is 0 Å². The SMILES string of the molecule is CCCC(N)C(=O)NCC1(c2cccc(C)c2)CCCC1.Cl. The third-order valence-electron chi connectivity index (χ3n) is 4.73. The first kappa shape index (κ1) is 19.0. The number of carbonyl (C=O) groups excluding carboxylic acids is 1. The second-order valence-corrected chi connectivity index (χ2v) is 6.47. The standard InChI is InChI=1S/C18H28N2O.ClH/c1-3-7-16(19)17(21)20-13-18(10-4-5-11-18)15-9-6-8-14(2)12-15;/h6,8-9,12,16H,3-5,7,10-11,13,19H2,1-2H3,(H,20,21);1H. The highest BCUT2D eigenvalue weighted by Crippen LogP contribution is 2.40. The molecule has 1 aromatic rings. The van der Waals surface area contributed by atoms with Crippen LogP contribution in [0.2, 0.25) is 0 Å². The number of nitrogens with two attached hydrogens (primary N) is 1. The summed E-state index contributed by atoms with van der Waals surface area (Å²) in [5.74, 6) is -0.00391. The zero-order valence-electron chi connectivity index (χ0n) is 13.7. The molecule has 1 aliphatic rings. The fourth-order valence-electron chi connectivity index (χ4n) is 3.42. The van der Waals surface area contributed by atoms with Crippen LogP contribution in [0.3, 0.4) is 0 Å². The van der Waals surface area contributed by atoms with Crippen molar-refractivity contribution in [2.75, 3.05) is 6.54 Å². The van der Waals surface area contributed by atoms with Crippen molar-refractivity contribution in [1.82, 2.24) is 5.32 Å². The first-order valence-electron chi connectivity index (χ1n) is 8.18. The summed E-state index contributed by atoms with van der Waals surface area (Å²) in [5.41, 5.74) is 8.66. The minimum Gasteiger partial charge on any atom is -0.354 e. The van der Waals surface area contributed by atoms with E-state index in [1.165, 1.54) is 24.0 Å². The molecule has 3 nitrogen and oxygen atoms in total. The van der Waals surface area contributed by atoms with Gasteiger partial charge in [0, 0.05) is 12.0 Å². The maximum Gasteiger partial charge on any atom is 0.236 e. The van der Waals surface area contributed by atoms with Crippen molar-refractivity contribution in [3.05, 3.63) is 35.4 Å². The van der Waals surface area contributed by atoms with Gasteiger partial charge in [0.1, 0.15) is 0 Å². The third-order valence-corrected chi connectivity index (χ3v) is 4.73. The van der Waals surface area contributed by atoms with Crippen LogP contribution in [0.15, 0.2) is 24.3 Å². The Morgan fingerprint density at radius 1 is 1.36 bits per heavy atom. The van der Waals surface area contributed by atoms with Crippen LogP contribution in [0.25, 0.3) is 0 Å². The molecule has 1 aliphatic carbocycles. The molecule has 22 heavy (non-hydrogen) atoms. The van der Waals surface area contributed by atoms with Gasteiger partial charge in [0.25, 0.3) is 0 Å². The number of rotatable bonds is 6. The first-order valence-corrected chi connectivity index (χ1v) is 8.18. The molecule has 124 valence electrons. The fourth-order valence-corrected chi connectivity index (χ4v) is 3.42. The number of carbonyl (C=O) groups is 1. The highest BCUT2D eigenvalue weighted by Gasteiger charge is 2.36. The first-order chi connectivity index (χ1) is 10.1. The average molecular weight is 325 g/mol. The summed E-state index contributed by atoms with van der Waals surface area (Å²) >= 11 is 0. The van der Waals surface area contributed by atoms with Gasteiger partial charge in [-0.05, 0) is 31.7 Å². The van der Waals surface area contributed by atoms with Gasteiger partial charge >= 0.3 is 0 Å². The summed E-state index contributed by atoms with van der Waals surface area (Å²) in [7, 11) is 0. The Kier molecular flexibility index (Phi) is 7.37. The number of amides is 1. The molecule has 0 heterocycles. The lowest BCUT2D eigenvalue weighted by Crippen LogP contribution is -2.46.